The van der Waals surface area contributed by atoms with Crippen molar-refractivity contribution in [3.05, 3.63) is 24.2 Å². The lowest BCUT2D eigenvalue weighted by atomic mass is 10.0. The molecule has 0 aliphatic carbocycles. The van der Waals surface area contributed by atoms with Gasteiger partial charge in [-0.1, -0.05) is 6.92 Å². The maximum atomic E-state index is 10.4. The molecule has 1 rings (SSSR count). The fraction of sp³-hybridized carbons (Fsp3) is 0.667. The molecular weight excluding hydrogens is 268 g/mol. The van der Waals surface area contributed by atoms with E-state index in [4.69, 9.17) is 4.42 Å². The predicted molar refractivity (Wildman–Crippen MR) is 85.4 cm³/mol. The van der Waals surface area contributed by atoms with Gasteiger partial charge < -0.3 is 25.1 Å². The number of aliphatic imine (C=N–C) groups is 1. The molecule has 0 aliphatic heterocycles. The molecule has 0 fully saturated rings. The normalized spacial score (nSPS) is 15.0. The second kappa shape index (κ2) is 8.69. The number of nitrogens with zero attached hydrogens (tertiary/aromatic N) is 2. The number of likely N-dealkylation sites (N-methyl/N-ethyl adjacent to an activating group) is 1. The monoisotopic (exact) mass is 296 g/mol. The van der Waals surface area contributed by atoms with Gasteiger partial charge in [-0.25, -0.2) is 4.99 Å². The Kier molecular flexibility index (Phi) is 7.25. The first-order valence-electron chi connectivity index (χ1n) is 7.46. The fourth-order valence-electron chi connectivity index (χ4n) is 1.76. The van der Waals surface area contributed by atoms with Gasteiger partial charge in [-0.15, -0.1) is 0 Å². The summed E-state index contributed by atoms with van der Waals surface area (Å²) in [5.41, 5.74) is -1.11. The molecule has 0 saturated carbocycles. The predicted octanol–water partition coefficient (Wildman–Crippen LogP) is 0.994. The van der Waals surface area contributed by atoms with Crippen LogP contribution < -0.4 is 10.6 Å². The molecule has 6 heteroatoms. The Bertz CT molecular complexity index is 415. The quantitative estimate of drug-likeness (QED) is 0.493. The van der Waals surface area contributed by atoms with Crippen LogP contribution in [0.1, 0.15) is 26.5 Å². The molecule has 1 aromatic heterocycles. The third-order valence-electron chi connectivity index (χ3n) is 3.27. The van der Waals surface area contributed by atoms with Gasteiger partial charge in [-0.3, -0.25) is 0 Å². The summed E-state index contributed by atoms with van der Waals surface area (Å²) in [6, 6.07) is 3.52. The third-order valence-corrected chi connectivity index (χ3v) is 3.27. The van der Waals surface area contributed by atoms with Gasteiger partial charge in [0.25, 0.3) is 0 Å². The van der Waals surface area contributed by atoms with E-state index in [0.29, 0.717) is 11.7 Å². The molecule has 1 atom stereocenters. The Balaban J connectivity index is 2.54. The minimum absolute atomic E-state index is 0.236. The molecule has 1 heterocycles. The molecule has 0 amide bonds. The Morgan fingerprint density at radius 2 is 2.19 bits per heavy atom. The zero-order valence-electron chi connectivity index (χ0n) is 13.5. The van der Waals surface area contributed by atoms with Gasteiger partial charge >= 0.3 is 0 Å². The molecule has 0 aromatic carbocycles. The van der Waals surface area contributed by atoms with Crippen LogP contribution in [0.3, 0.4) is 0 Å². The number of aliphatic hydroxyl groups is 1. The van der Waals surface area contributed by atoms with E-state index in [1.54, 1.807) is 25.3 Å². The summed E-state index contributed by atoms with van der Waals surface area (Å²) in [5.74, 6) is 1.22. The number of furan rings is 1. The van der Waals surface area contributed by atoms with Crippen LogP contribution in [-0.4, -0.2) is 55.7 Å². The van der Waals surface area contributed by atoms with E-state index in [9.17, 15) is 5.11 Å². The SMILES string of the molecule is CCNC(=NCC(C)(O)c1ccco1)NCCN(C)CC. The van der Waals surface area contributed by atoms with Crippen molar-refractivity contribution in [3.63, 3.8) is 0 Å². The van der Waals surface area contributed by atoms with Crippen molar-refractivity contribution in [2.45, 2.75) is 26.4 Å². The van der Waals surface area contributed by atoms with Crippen molar-refractivity contribution in [2.24, 2.45) is 4.99 Å². The minimum Gasteiger partial charge on any atom is -0.466 e. The van der Waals surface area contributed by atoms with Gasteiger partial charge in [0.1, 0.15) is 11.4 Å². The Labute approximate surface area is 127 Å². The van der Waals surface area contributed by atoms with E-state index in [1.165, 1.54) is 0 Å². The molecule has 0 bridgehead atoms. The van der Waals surface area contributed by atoms with E-state index < -0.39 is 5.60 Å². The van der Waals surface area contributed by atoms with Crippen LogP contribution in [0.25, 0.3) is 0 Å². The summed E-state index contributed by atoms with van der Waals surface area (Å²) in [6.07, 6.45) is 1.55. The summed E-state index contributed by atoms with van der Waals surface area (Å²) in [4.78, 5) is 6.65. The van der Waals surface area contributed by atoms with Crippen LogP contribution in [0.15, 0.2) is 27.8 Å². The maximum Gasteiger partial charge on any atom is 0.191 e. The van der Waals surface area contributed by atoms with E-state index in [0.717, 1.165) is 26.2 Å². The van der Waals surface area contributed by atoms with Crippen LogP contribution in [0.4, 0.5) is 0 Å². The molecule has 0 saturated heterocycles. The first-order valence-corrected chi connectivity index (χ1v) is 7.46. The highest BCUT2D eigenvalue weighted by Gasteiger charge is 2.25. The lowest BCUT2D eigenvalue weighted by Gasteiger charge is -2.20. The lowest BCUT2D eigenvalue weighted by Crippen LogP contribution is -2.41. The molecule has 0 spiro atoms. The van der Waals surface area contributed by atoms with Crippen LogP contribution >= 0.6 is 0 Å². The summed E-state index contributed by atoms with van der Waals surface area (Å²) >= 11 is 0. The average molecular weight is 296 g/mol. The highest BCUT2D eigenvalue weighted by atomic mass is 16.4. The largest absolute Gasteiger partial charge is 0.466 e. The van der Waals surface area contributed by atoms with Crippen LogP contribution in [0.5, 0.6) is 0 Å². The van der Waals surface area contributed by atoms with Crippen LogP contribution in [0.2, 0.25) is 0 Å². The van der Waals surface area contributed by atoms with Gasteiger partial charge in [0, 0.05) is 19.6 Å². The summed E-state index contributed by atoms with van der Waals surface area (Å²) in [5, 5.41) is 16.8. The average Bonchev–Trinajstić information content (AvgIpc) is 2.99. The van der Waals surface area contributed by atoms with Crippen LogP contribution in [0, 0.1) is 0 Å². The number of nitrogens with one attached hydrogen (secondary N) is 2. The molecule has 1 unspecified atom stereocenters. The topological polar surface area (TPSA) is 73.0 Å². The Morgan fingerprint density at radius 1 is 1.43 bits per heavy atom. The van der Waals surface area contributed by atoms with Gasteiger partial charge in [0.2, 0.25) is 0 Å². The molecular formula is C15H28N4O2. The second-order valence-electron chi connectivity index (χ2n) is 5.27. The van der Waals surface area contributed by atoms with Gasteiger partial charge in [0.05, 0.1) is 12.8 Å². The molecule has 1 aromatic rings. The third kappa shape index (κ3) is 6.18. The number of hydrogen-bond donors (Lipinski definition) is 3. The van der Waals surface area contributed by atoms with Crippen molar-refractivity contribution in [2.75, 3.05) is 39.8 Å². The number of hydrogen-bond acceptors (Lipinski definition) is 4. The first-order chi connectivity index (χ1) is 9.99. The van der Waals surface area contributed by atoms with Crippen LogP contribution in [-0.2, 0) is 5.60 Å². The minimum atomic E-state index is -1.11. The number of rotatable bonds is 8. The molecule has 3 N–H and O–H groups in total. The zero-order valence-corrected chi connectivity index (χ0v) is 13.5. The maximum absolute atomic E-state index is 10.4. The van der Waals surface area contributed by atoms with Crippen molar-refractivity contribution in [1.29, 1.82) is 0 Å². The van der Waals surface area contributed by atoms with Gasteiger partial charge in [0.15, 0.2) is 5.96 Å². The van der Waals surface area contributed by atoms with E-state index in [-0.39, 0.29) is 6.54 Å². The Hall–Kier alpha value is -1.53. The molecule has 0 radical (unpaired) electrons. The Morgan fingerprint density at radius 3 is 2.76 bits per heavy atom. The highest BCUT2D eigenvalue weighted by Crippen LogP contribution is 2.20. The molecule has 21 heavy (non-hydrogen) atoms. The lowest BCUT2D eigenvalue weighted by molar-refractivity contribution is 0.0437. The molecule has 120 valence electrons. The van der Waals surface area contributed by atoms with Gasteiger partial charge in [-0.2, -0.15) is 0 Å². The smallest absolute Gasteiger partial charge is 0.191 e. The van der Waals surface area contributed by atoms with Crippen molar-refractivity contribution >= 4 is 5.96 Å². The molecule has 6 nitrogen and oxygen atoms in total. The van der Waals surface area contributed by atoms with E-state index in [2.05, 4.69) is 34.5 Å². The standard InChI is InChI=1S/C15H28N4O2/c1-5-16-14(17-9-10-19(4)6-2)18-12-15(3,20)13-8-7-11-21-13/h7-8,11,20H,5-6,9-10,12H2,1-4H3,(H2,16,17,18). The zero-order chi connectivity index (χ0) is 15.7. The fourth-order valence-corrected chi connectivity index (χ4v) is 1.76. The van der Waals surface area contributed by atoms with Crippen molar-refractivity contribution < 1.29 is 9.52 Å². The molecule has 0 aliphatic rings. The van der Waals surface area contributed by atoms with Crippen molar-refractivity contribution in [3.8, 4) is 0 Å². The second-order valence-corrected chi connectivity index (χ2v) is 5.27. The first kappa shape index (κ1) is 17.5. The highest BCUT2D eigenvalue weighted by molar-refractivity contribution is 5.79. The summed E-state index contributed by atoms with van der Waals surface area (Å²) in [7, 11) is 2.08. The summed E-state index contributed by atoms with van der Waals surface area (Å²) in [6.45, 7) is 9.61. The van der Waals surface area contributed by atoms with Crippen molar-refractivity contribution in [1.82, 2.24) is 15.5 Å². The van der Waals surface area contributed by atoms with E-state index >= 15 is 0 Å². The van der Waals surface area contributed by atoms with E-state index in [1.807, 2.05) is 6.92 Å². The summed E-state index contributed by atoms with van der Waals surface area (Å²) < 4.78 is 5.25. The number of guanidine groups is 1. The van der Waals surface area contributed by atoms with Gasteiger partial charge in [-0.05, 0) is 39.6 Å².